The third kappa shape index (κ3) is 51.1. The second-order valence-corrected chi connectivity index (χ2v) is 33.9. The minimum absolute atomic E-state index is 0. The summed E-state index contributed by atoms with van der Waals surface area (Å²) in [5.41, 5.74) is 8.79. The van der Waals surface area contributed by atoms with E-state index >= 15 is 0 Å². The molecule has 5 aromatic carbocycles. The smallest absolute Gasteiger partial charge is 0.490 e. The Labute approximate surface area is 835 Å². The number of nitrogens with one attached hydrogen (secondary N) is 3. The Kier molecular flexibility index (Phi) is 61.6. The highest BCUT2D eigenvalue weighted by Crippen LogP contribution is 2.36. The van der Waals surface area contributed by atoms with Gasteiger partial charge >= 0.3 is 25.4 Å². The highest BCUT2D eigenvalue weighted by molar-refractivity contribution is 9.11. The van der Waals surface area contributed by atoms with E-state index in [1.54, 1.807) is 132 Å². The molecular formula is C100H129BBr3N11O23. The lowest BCUT2D eigenvalue weighted by Crippen LogP contribution is -2.43. The summed E-state index contributed by atoms with van der Waals surface area (Å²) in [5.74, 6) is 14.9. The molecule has 1 aliphatic heterocycles. The molecule has 0 spiro atoms. The van der Waals surface area contributed by atoms with E-state index in [4.69, 9.17) is 63.8 Å². The predicted molar refractivity (Wildman–Crippen MR) is 546 cm³/mol. The van der Waals surface area contributed by atoms with Gasteiger partial charge in [-0.1, -0.05) is 146 Å². The number of alkyl carbamates (subject to hydrolysis) is 3. The van der Waals surface area contributed by atoms with E-state index in [-0.39, 0.29) is 78.5 Å². The average molecular weight is 2100 g/mol. The number of nitro groups is 3. The number of imide groups is 1. The van der Waals surface area contributed by atoms with E-state index in [9.17, 15) is 54.3 Å². The minimum Gasteiger partial charge on any atom is -0.497 e. The number of hydrogen-bond acceptors (Lipinski definition) is 27. The molecule has 1 unspecified atom stereocenters. The lowest BCUT2D eigenvalue weighted by molar-refractivity contribution is -0.385. The fourth-order valence-electron chi connectivity index (χ4n) is 11.2. The monoisotopic (exact) mass is 2100 g/mol. The van der Waals surface area contributed by atoms with Crippen molar-refractivity contribution in [1.82, 2.24) is 40.8 Å². The van der Waals surface area contributed by atoms with E-state index in [2.05, 4.69) is 144 Å². The van der Waals surface area contributed by atoms with Gasteiger partial charge in [0.25, 0.3) is 17.1 Å². The van der Waals surface area contributed by atoms with Gasteiger partial charge < -0.3 is 73.4 Å². The van der Waals surface area contributed by atoms with Gasteiger partial charge in [-0.05, 0) is 188 Å². The molecule has 1 saturated heterocycles. The fraction of sp³-hybridized carbons (Fsp3) is 0.390. The molecule has 5 amide bonds. The maximum atomic E-state index is 11.9. The van der Waals surface area contributed by atoms with Crippen LogP contribution in [0.4, 0.5) is 31.4 Å². The van der Waals surface area contributed by atoms with Crippen LogP contribution in [0, 0.1) is 72.3 Å². The number of fused-ring (bicyclic) bond motifs is 3. The number of benzene rings is 5. The van der Waals surface area contributed by atoms with Crippen molar-refractivity contribution in [3.05, 3.63) is 261 Å². The van der Waals surface area contributed by atoms with E-state index < -0.39 is 57.0 Å². The number of aromatic nitrogens is 4. The van der Waals surface area contributed by atoms with Crippen molar-refractivity contribution in [2.45, 2.75) is 149 Å². The average Bonchev–Trinajstić information content (AvgIpc) is 1.65. The summed E-state index contributed by atoms with van der Waals surface area (Å²) in [4.78, 5) is 107. The number of halogens is 3. The summed E-state index contributed by atoms with van der Waals surface area (Å²) in [6.07, 6.45) is 16.8. The summed E-state index contributed by atoms with van der Waals surface area (Å²) in [5, 5.41) is 57.4. The highest BCUT2D eigenvalue weighted by Gasteiger charge is 2.32. The van der Waals surface area contributed by atoms with Crippen LogP contribution in [0.2, 0.25) is 0 Å². The zero-order valence-electron chi connectivity index (χ0n) is 75.7. The SMILES string of the molecule is C.C.C.C.C.C#CCOCCOCCNC(=O)OC(C)(C)C.CC(C)(C)OC(=O)NCCOCCOCC#Cc1cnc2c(c1)-c1ccccc1C2.CC(C)(C)OC(=O)NCCOCCOCC#Cc1cncc(-c2ccccc2[N+](=O)[O-])c1.COc1ccc(CN2C(=O)CCC(C)C2=O)cc1.O=[N+]([O-])c1ccccc1-c1cncc(Br)c1.O=[N+]([O-])c1ccccc1Br.OB(O)c1cncc(Br)c1. The molecule has 138 heavy (non-hydrogen) atoms. The molecule has 5 heterocycles. The molecule has 1 atom stereocenters. The first kappa shape index (κ1) is 126. The van der Waals surface area contributed by atoms with E-state index in [1.807, 2.05) is 78.9 Å². The number of ether oxygens (including phenoxy) is 10. The Morgan fingerprint density at radius 3 is 1.35 bits per heavy atom. The normalized spacial score (nSPS) is 11.5. The maximum Gasteiger partial charge on any atom is 0.490 e. The molecule has 1 fully saturated rings. The summed E-state index contributed by atoms with van der Waals surface area (Å²) in [6.45, 7) is 24.2. The topological polar surface area (TPSA) is 438 Å². The van der Waals surface area contributed by atoms with Gasteiger partial charge in [-0.25, -0.2) is 14.4 Å². The number of piperidine rings is 1. The van der Waals surface area contributed by atoms with Crippen molar-refractivity contribution in [3.63, 3.8) is 0 Å². The van der Waals surface area contributed by atoms with Crippen LogP contribution in [-0.2, 0) is 65.2 Å². The van der Waals surface area contributed by atoms with Crippen LogP contribution in [0.15, 0.2) is 202 Å². The number of carbonyl (C=O) groups excluding carboxylic acids is 5. The zero-order valence-corrected chi connectivity index (χ0v) is 80.5. The summed E-state index contributed by atoms with van der Waals surface area (Å²) < 4.78 is 54.2. The van der Waals surface area contributed by atoms with Gasteiger partial charge in [0.2, 0.25) is 11.8 Å². The summed E-state index contributed by atoms with van der Waals surface area (Å²) >= 11 is 9.49. The third-order valence-corrected chi connectivity index (χ3v) is 18.7. The molecule has 1 aliphatic carbocycles. The molecule has 4 aromatic heterocycles. The van der Waals surface area contributed by atoms with Gasteiger partial charge in [0.1, 0.15) is 42.4 Å². The standard InChI is InChI=1S/C24H28N2O4.C23H27N3O6.C14H17NO3.C12H21NO4.C11H7BrN2O2.C6H4BrNO2.C5H5BBrNO2.5CH4/c1-24(2,3)30-23(27)25-10-12-29-14-13-28-11-6-7-18-15-21-20-9-5-4-8-19(20)16-22(21)26-17-18;1-23(2,3)32-22(27)25-10-12-31-14-13-30-11-6-7-18-15-19(17-24-16-18)20-8-4-5-9-21(20)26(28)29;1-10-3-8-13(16)15(14(10)17)9-11-4-6-12(18-2)7-5-11;1-5-7-15-9-10-16-8-6-13-11(14)17-12(2,3)4;12-9-5-8(6-13-7-9)10-3-1-2-4-11(10)14(15)16;7-5-3-1-2-4-6(5)8(9)10;7-5-1-4(6(9)10)2-8-3-5;;;;;/h4-5,8-9,15,17H,10-14,16H2,1-3H3,(H,25,27);4-5,8-9,15-17H,10-14H2,1-3H3,(H,25,27);4-7,10H,3,8-9H2,1-2H3;1H,6-10H2,2-4H3,(H,13,14);1-7H;1-4H;1-3,9-10H;5*1H4. The van der Waals surface area contributed by atoms with Gasteiger partial charge in [0, 0.05) is 142 Å². The third-order valence-electron chi connectivity index (χ3n) is 17.1. The van der Waals surface area contributed by atoms with Crippen LogP contribution in [0.1, 0.15) is 147 Å². The van der Waals surface area contributed by atoms with Crippen molar-refractivity contribution in [1.29, 1.82) is 0 Å². The van der Waals surface area contributed by atoms with Crippen LogP contribution < -0.4 is 26.2 Å². The predicted octanol–water partition coefficient (Wildman–Crippen LogP) is 18.8. The van der Waals surface area contributed by atoms with Crippen molar-refractivity contribution in [2.75, 3.05) is 106 Å². The number of rotatable bonds is 30. The van der Waals surface area contributed by atoms with E-state index in [0.29, 0.717) is 144 Å². The minimum atomic E-state index is -1.44. The van der Waals surface area contributed by atoms with Gasteiger partial charge in [-0.2, -0.15) is 0 Å². The lowest BCUT2D eigenvalue weighted by Gasteiger charge is -2.28. The number of methoxy groups -OCH3 is 1. The van der Waals surface area contributed by atoms with Crippen LogP contribution >= 0.6 is 47.8 Å². The number of hydrogen-bond donors (Lipinski definition) is 5. The van der Waals surface area contributed by atoms with Gasteiger partial charge in [-0.3, -0.25) is 64.8 Å². The summed E-state index contributed by atoms with van der Waals surface area (Å²) in [7, 11) is 0.166. The van der Waals surface area contributed by atoms with E-state index in [1.165, 1.54) is 46.0 Å². The number of pyridine rings is 4. The molecule has 2 aliphatic rings. The first-order valence-corrected chi connectivity index (χ1v) is 43.9. The molecule has 0 bridgehead atoms. The Morgan fingerprint density at radius 1 is 0.507 bits per heavy atom. The number of para-hydroxylation sites is 3. The molecule has 34 nitrogen and oxygen atoms in total. The zero-order chi connectivity index (χ0) is 97.7. The molecule has 0 radical (unpaired) electrons. The van der Waals surface area contributed by atoms with Crippen LogP contribution in [0.3, 0.4) is 0 Å². The quantitative estimate of drug-likeness (QED) is 0.00531. The number of likely N-dealkylation sites (tertiary alicyclic amines) is 1. The van der Waals surface area contributed by atoms with Crippen LogP contribution in [-0.4, -0.2) is 210 Å². The van der Waals surface area contributed by atoms with Crippen molar-refractivity contribution in [2.24, 2.45) is 5.92 Å². The molecule has 38 heteroatoms. The van der Waals surface area contributed by atoms with E-state index in [0.717, 1.165) is 43.5 Å². The molecule has 0 saturated carbocycles. The van der Waals surface area contributed by atoms with Crippen LogP contribution in [0.25, 0.3) is 33.4 Å². The maximum absolute atomic E-state index is 11.9. The number of carbonyl (C=O) groups is 5. The Hall–Kier alpha value is -12.5. The second kappa shape index (κ2) is 67.7. The Morgan fingerprint density at radius 2 is 0.920 bits per heavy atom. The lowest BCUT2D eigenvalue weighted by atomic mass is 9.82. The second-order valence-electron chi connectivity index (χ2n) is 31.2. The van der Waals surface area contributed by atoms with Crippen molar-refractivity contribution in [3.8, 4) is 75.2 Å². The van der Waals surface area contributed by atoms with Gasteiger partial charge in [-0.15, -0.1) is 6.42 Å². The van der Waals surface area contributed by atoms with Crippen molar-refractivity contribution < 1.29 is 96.2 Å². The fourth-order valence-corrected chi connectivity index (χ4v) is 12.4. The molecule has 5 N–H and O–H groups in total. The van der Waals surface area contributed by atoms with Crippen LogP contribution in [0.5, 0.6) is 5.75 Å². The first-order chi connectivity index (χ1) is 63.3. The number of nitro benzene ring substituents is 3. The number of amides is 5. The Balaban J connectivity index is 0.00000164. The van der Waals surface area contributed by atoms with Gasteiger partial charge in [0.15, 0.2) is 0 Å². The summed E-state index contributed by atoms with van der Waals surface area (Å²) in [6, 6.07) is 42.6. The molecule has 746 valence electrons. The first-order valence-electron chi connectivity index (χ1n) is 41.6. The molecular weight excluding hydrogens is 1970 g/mol. The number of nitrogens with zero attached hydrogens (tertiary/aromatic N) is 8. The van der Waals surface area contributed by atoms with Gasteiger partial charge in [0.05, 0.1) is 109 Å². The Bertz CT molecular complexity index is 5420. The highest BCUT2D eigenvalue weighted by atomic mass is 79.9. The molecule has 11 rings (SSSR count). The molecule has 9 aromatic rings. The largest absolute Gasteiger partial charge is 0.497 e. The number of terminal acetylenes is 1. The van der Waals surface area contributed by atoms with Crippen molar-refractivity contribution >= 4 is 108 Å².